The maximum Gasteiger partial charge on any atom is 0.224 e. The lowest BCUT2D eigenvalue weighted by atomic mass is 10.2. The number of carbonyl (C=O) groups excluding carboxylic acids is 1. The van der Waals surface area contributed by atoms with Crippen LogP contribution in [0.4, 0.5) is 5.69 Å². The van der Waals surface area contributed by atoms with E-state index in [1.54, 1.807) is 0 Å². The number of carbonyl (C=O) groups is 1. The second-order valence-electron chi connectivity index (χ2n) is 3.30. The van der Waals surface area contributed by atoms with Gasteiger partial charge < -0.3 is 5.32 Å². The summed E-state index contributed by atoms with van der Waals surface area (Å²) in [4.78, 5) is 11.5. The molecular formula is C11H13ClINO. The highest BCUT2D eigenvalue weighted by atomic mass is 127. The summed E-state index contributed by atoms with van der Waals surface area (Å²) in [6.45, 7) is 1.98. The second-order valence-corrected chi connectivity index (χ2v) is 4.92. The van der Waals surface area contributed by atoms with Gasteiger partial charge in [-0.3, -0.25) is 4.79 Å². The first-order chi connectivity index (χ1) is 7.13. The first-order valence-corrected chi connectivity index (χ1v) is 6.37. The summed E-state index contributed by atoms with van der Waals surface area (Å²) < 4.78 is 1.12. The molecule has 0 radical (unpaired) electrons. The van der Waals surface area contributed by atoms with Gasteiger partial charge in [-0.1, -0.05) is 6.07 Å². The van der Waals surface area contributed by atoms with Crippen molar-refractivity contribution < 1.29 is 4.79 Å². The number of hydrogen-bond donors (Lipinski definition) is 1. The zero-order valence-electron chi connectivity index (χ0n) is 8.52. The fourth-order valence-corrected chi connectivity index (χ4v) is 1.79. The number of anilines is 1. The van der Waals surface area contributed by atoms with Crippen LogP contribution in [-0.4, -0.2) is 11.8 Å². The average molecular weight is 338 g/mol. The van der Waals surface area contributed by atoms with E-state index in [1.165, 1.54) is 0 Å². The molecular weight excluding hydrogens is 324 g/mol. The number of aryl methyl sites for hydroxylation is 1. The Morgan fingerprint density at radius 1 is 1.53 bits per heavy atom. The molecule has 0 unspecified atom stereocenters. The van der Waals surface area contributed by atoms with E-state index in [9.17, 15) is 4.79 Å². The van der Waals surface area contributed by atoms with Crippen molar-refractivity contribution in [2.45, 2.75) is 19.8 Å². The van der Waals surface area contributed by atoms with E-state index in [-0.39, 0.29) is 5.91 Å². The van der Waals surface area contributed by atoms with Crippen LogP contribution in [0.2, 0.25) is 0 Å². The van der Waals surface area contributed by atoms with Gasteiger partial charge in [-0.2, -0.15) is 0 Å². The first kappa shape index (κ1) is 12.8. The Balaban J connectivity index is 2.63. The third kappa shape index (κ3) is 4.38. The van der Waals surface area contributed by atoms with Gasteiger partial charge in [0, 0.05) is 21.6 Å². The van der Waals surface area contributed by atoms with Gasteiger partial charge >= 0.3 is 0 Å². The normalized spacial score (nSPS) is 10.1. The smallest absolute Gasteiger partial charge is 0.224 e. The van der Waals surface area contributed by atoms with Crippen LogP contribution in [0, 0.1) is 10.5 Å². The van der Waals surface area contributed by atoms with Crippen molar-refractivity contribution in [1.29, 1.82) is 0 Å². The molecule has 0 fully saturated rings. The van der Waals surface area contributed by atoms with Crippen LogP contribution in [0.5, 0.6) is 0 Å². The van der Waals surface area contributed by atoms with Crippen LogP contribution in [0.1, 0.15) is 18.4 Å². The van der Waals surface area contributed by atoms with E-state index in [1.807, 2.05) is 25.1 Å². The number of alkyl halides is 1. The molecule has 0 aliphatic rings. The Kier molecular flexibility index (Phi) is 5.39. The molecule has 0 aliphatic carbocycles. The molecule has 0 saturated heterocycles. The van der Waals surface area contributed by atoms with E-state index >= 15 is 0 Å². The Hall–Kier alpha value is -0.290. The van der Waals surface area contributed by atoms with Crippen molar-refractivity contribution >= 4 is 45.8 Å². The SMILES string of the molecule is Cc1ccc(I)cc1NC(=O)CCCCl. The Labute approximate surface area is 109 Å². The maximum absolute atomic E-state index is 11.5. The predicted molar refractivity (Wildman–Crippen MR) is 72.5 cm³/mol. The molecule has 1 amide bonds. The van der Waals surface area contributed by atoms with E-state index in [2.05, 4.69) is 27.9 Å². The van der Waals surface area contributed by atoms with Gasteiger partial charge in [0.05, 0.1) is 0 Å². The summed E-state index contributed by atoms with van der Waals surface area (Å²) in [6.07, 6.45) is 1.20. The molecule has 0 saturated carbocycles. The van der Waals surface area contributed by atoms with Crippen molar-refractivity contribution in [1.82, 2.24) is 0 Å². The fourth-order valence-electron chi connectivity index (χ4n) is 1.17. The topological polar surface area (TPSA) is 29.1 Å². The zero-order chi connectivity index (χ0) is 11.3. The molecule has 0 spiro atoms. The summed E-state index contributed by atoms with van der Waals surface area (Å²) in [5, 5.41) is 2.88. The molecule has 0 aliphatic heterocycles. The molecule has 1 aromatic carbocycles. The molecule has 1 N–H and O–H groups in total. The molecule has 4 heteroatoms. The third-order valence-corrected chi connectivity index (χ3v) is 2.95. The second kappa shape index (κ2) is 6.33. The highest BCUT2D eigenvalue weighted by Gasteiger charge is 2.04. The third-order valence-electron chi connectivity index (χ3n) is 2.01. The maximum atomic E-state index is 11.5. The van der Waals surface area contributed by atoms with Gasteiger partial charge in [-0.05, 0) is 53.6 Å². The quantitative estimate of drug-likeness (QED) is 0.660. The van der Waals surface area contributed by atoms with Gasteiger partial charge in [0.25, 0.3) is 0 Å². The van der Waals surface area contributed by atoms with Crippen molar-refractivity contribution in [2.24, 2.45) is 0 Å². The van der Waals surface area contributed by atoms with Crippen LogP contribution < -0.4 is 5.32 Å². The standard InChI is InChI=1S/C11H13ClINO/c1-8-4-5-9(13)7-10(8)14-11(15)3-2-6-12/h4-5,7H,2-3,6H2,1H3,(H,14,15). The van der Waals surface area contributed by atoms with Crippen molar-refractivity contribution in [3.63, 3.8) is 0 Å². The van der Waals surface area contributed by atoms with E-state index in [0.717, 1.165) is 21.2 Å². The number of amides is 1. The first-order valence-electron chi connectivity index (χ1n) is 4.75. The number of nitrogens with one attached hydrogen (secondary N) is 1. The van der Waals surface area contributed by atoms with Crippen LogP contribution in [0.3, 0.4) is 0 Å². The minimum absolute atomic E-state index is 0.0285. The number of benzene rings is 1. The van der Waals surface area contributed by atoms with Crippen LogP contribution in [0.15, 0.2) is 18.2 Å². The van der Waals surface area contributed by atoms with Gasteiger partial charge in [0.2, 0.25) is 5.91 Å². The van der Waals surface area contributed by atoms with Gasteiger partial charge in [0.1, 0.15) is 0 Å². The molecule has 0 bridgehead atoms. The summed E-state index contributed by atoms with van der Waals surface area (Å²) >= 11 is 7.75. The van der Waals surface area contributed by atoms with E-state index < -0.39 is 0 Å². The lowest BCUT2D eigenvalue weighted by molar-refractivity contribution is -0.116. The van der Waals surface area contributed by atoms with E-state index in [4.69, 9.17) is 11.6 Å². The van der Waals surface area contributed by atoms with Crippen molar-refractivity contribution in [2.75, 3.05) is 11.2 Å². The van der Waals surface area contributed by atoms with Gasteiger partial charge in [-0.25, -0.2) is 0 Å². The molecule has 0 atom stereocenters. The average Bonchev–Trinajstić information content (AvgIpc) is 2.20. The summed E-state index contributed by atoms with van der Waals surface area (Å²) in [7, 11) is 0. The van der Waals surface area contributed by atoms with Crippen molar-refractivity contribution in [3.05, 3.63) is 27.3 Å². The lowest BCUT2D eigenvalue weighted by Gasteiger charge is -2.08. The van der Waals surface area contributed by atoms with Crippen LogP contribution in [0.25, 0.3) is 0 Å². The summed E-state index contributed by atoms with van der Waals surface area (Å²) in [6, 6.07) is 5.98. The number of rotatable bonds is 4. The largest absolute Gasteiger partial charge is 0.326 e. The van der Waals surface area contributed by atoms with Gasteiger partial charge in [-0.15, -0.1) is 11.6 Å². The van der Waals surface area contributed by atoms with Crippen LogP contribution in [-0.2, 0) is 4.79 Å². The predicted octanol–water partition coefficient (Wildman–Crippen LogP) is 3.56. The molecule has 0 aromatic heterocycles. The summed E-state index contributed by atoms with van der Waals surface area (Å²) in [5.74, 6) is 0.555. The molecule has 82 valence electrons. The summed E-state index contributed by atoms with van der Waals surface area (Å²) in [5.41, 5.74) is 1.97. The number of hydrogen-bond acceptors (Lipinski definition) is 1. The number of halogens is 2. The molecule has 0 heterocycles. The minimum Gasteiger partial charge on any atom is -0.326 e. The highest BCUT2D eigenvalue weighted by Crippen LogP contribution is 2.18. The molecule has 2 nitrogen and oxygen atoms in total. The lowest BCUT2D eigenvalue weighted by Crippen LogP contribution is -2.12. The van der Waals surface area contributed by atoms with Crippen LogP contribution >= 0.6 is 34.2 Å². The van der Waals surface area contributed by atoms with Crippen molar-refractivity contribution in [3.8, 4) is 0 Å². The monoisotopic (exact) mass is 337 g/mol. The Bertz CT molecular complexity index is 354. The van der Waals surface area contributed by atoms with Gasteiger partial charge in [0.15, 0.2) is 0 Å². The minimum atomic E-state index is 0.0285. The molecule has 1 rings (SSSR count). The Morgan fingerprint density at radius 2 is 2.27 bits per heavy atom. The van der Waals surface area contributed by atoms with E-state index in [0.29, 0.717) is 12.3 Å². The Morgan fingerprint density at radius 3 is 2.93 bits per heavy atom. The molecule has 15 heavy (non-hydrogen) atoms. The fraction of sp³-hybridized carbons (Fsp3) is 0.364. The zero-order valence-corrected chi connectivity index (χ0v) is 11.4. The molecule has 1 aromatic rings. The highest BCUT2D eigenvalue weighted by molar-refractivity contribution is 14.1.